The maximum atomic E-state index is 13.8. The quantitative estimate of drug-likeness (QED) is 0.522. The van der Waals surface area contributed by atoms with Crippen molar-refractivity contribution in [3.63, 3.8) is 0 Å². The van der Waals surface area contributed by atoms with Crippen LogP contribution in [0.4, 0.5) is 0 Å². The van der Waals surface area contributed by atoms with E-state index in [4.69, 9.17) is 14.2 Å². The van der Waals surface area contributed by atoms with Gasteiger partial charge in [-0.05, 0) is 48.2 Å². The maximum absolute atomic E-state index is 13.8. The fourth-order valence-corrected chi connectivity index (χ4v) is 5.25. The lowest BCUT2D eigenvalue weighted by Crippen LogP contribution is -2.57. The van der Waals surface area contributed by atoms with Gasteiger partial charge in [-0.2, -0.15) is 0 Å². The van der Waals surface area contributed by atoms with Gasteiger partial charge in [0.1, 0.15) is 29.6 Å². The zero-order chi connectivity index (χ0) is 28.1. The van der Waals surface area contributed by atoms with E-state index < -0.39 is 42.2 Å². The van der Waals surface area contributed by atoms with Gasteiger partial charge in [0, 0.05) is 32.2 Å². The Morgan fingerprint density at radius 3 is 2.20 bits per heavy atom. The van der Waals surface area contributed by atoms with Gasteiger partial charge in [0.15, 0.2) is 6.29 Å². The van der Waals surface area contributed by atoms with E-state index in [1.54, 1.807) is 30.3 Å². The van der Waals surface area contributed by atoms with E-state index in [1.807, 2.05) is 18.2 Å². The van der Waals surface area contributed by atoms with Crippen LogP contribution >= 0.6 is 0 Å². The molecule has 3 aliphatic heterocycles. The average molecular weight is 552 g/mol. The lowest BCUT2D eigenvalue weighted by molar-refractivity contribution is -0.185. The number of fused-ring (bicyclic) bond motifs is 4. The number of ether oxygens (including phenoxy) is 3. The van der Waals surface area contributed by atoms with Gasteiger partial charge in [0.2, 0.25) is 17.7 Å². The van der Waals surface area contributed by atoms with Gasteiger partial charge < -0.3 is 34.9 Å². The second-order valence-corrected chi connectivity index (χ2v) is 10.2. The van der Waals surface area contributed by atoms with Crippen molar-refractivity contribution in [1.29, 1.82) is 0 Å². The molecule has 2 aromatic rings. The highest BCUT2D eigenvalue weighted by atomic mass is 16.7. The number of benzene rings is 2. The summed E-state index contributed by atoms with van der Waals surface area (Å²) in [5.41, 5.74) is 1.44. The van der Waals surface area contributed by atoms with Crippen molar-refractivity contribution in [2.75, 3.05) is 19.8 Å². The van der Waals surface area contributed by atoms with Crippen LogP contribution in [-0.4, -0.2) is 77.9 Å². The number of amides is 3. The second-order valence-electron chi connectivity index (χ2n) is 10.2. The van der Waals surface area contributed by atoms with Crippen LogP contribution in [0.3, 0.4) is 0 Å². The Bertz CT molecular complexity index is 1260. The summed E-state index contributed by atoms with van der Waals surface area (Å²) in [6.45, 7) is 1.32. The Labute approximate surface area is 231 Å². The fourth-order valence-electron chi connectivity index (χ4n) is 5.25. The third-order valence-electron chi connectivity index (χ3n) is 7.26. The first-order chi connectivity index (χ1) is 19.4. The van der Waals surface area contributed by atoms with Crippen molar-refractivity contribution in [3.05, 3.63) is 59.7 Å². The number of rotatable bonds is 4. The highest BCUT2D eigenvalue weighted by Crippen LogP contribution is 2.26. The van der Waals surface area contributed by atoms with Crippen LogP contribution in [0, 0.1) is 0 Å². The van der Waals surface area contributed by atoms with Crippen LogP contribution in [0.2, 0.25) is 0 Å². The molecule has 11 heteroatoms. The van der Waals surface area contributed by atoms with E-state index in [0.717, 1.165) is 5.56 Å². The molecule has 11 nitrogen and oxygen atoms in total. The number of hydrogen-bond acceptors (Lipinski definition) is 7. The standard InChI is InChI=1S/C29H33N3O8/c33-25-9-3-10-32(25)24-16-19-6-2-8-21(14-19)40-20-7-1-5-18(13-20)15-23(29(36)37)31-27(34)22(30-28(24)35)17-26-38-11-4-12-39-26/h1-2,5-8,13-14,22-24,26H,3-4,9-12,15-17H2,(H,30,35)(H,31,34)(H,36,37)/t22-,23-,24-/m0/s1. The highest BCUT2D eigenvalue weighted by molar-refractivity contribution is 5.94. The summed E-state index contributed by atoms with van der Waals surface area (Å²) in [6.07, 6.45) is 1.15. The maximum Gasteiger partial charge on any atom is 0.326 e. The van der Waals surface area contributed by atoms with Crippen LogP contribution < -0.4 is 15.4 Å². The first-order valence-corrected chi connectivity index (χ1v) is 13.6. The Morgan fingerprint density at radius 2 is 1.57 bits per heavy atom. The molecule has 0 spiro atoms. The molecule has 2 aromatic carbocycles. The molecule has 0 radical (unpaired) electrons. The van der Waals surface area contributed by atoms with Crippen LogP contribution in [0.5, 0.6) is 11.5 Å². The number of carboxylic acids is 1. The van der Waals surface area contributed by atoms with Gasteiger partial charge in [0.25, 0.3) is 0 Å². The minimum absolute atomic E-state index is 0.000310. The molecule has 0 aliphatic carbocycles. The number of likely N-dealkylation sites (tertiary alicyclic amines) is 1. The first-order valence-electron chi connectivity index (χ1n) is 13.6. The largest absolute Gasteiger partial charge is 0.480 e. The van der Waals surface area contributed by atoms with E-state index in [0.29, 0.717) is 56.1 Å². The van der Waals surface area contributed by atoms with Gasteiger partial charge in [-0.15, -0.1) is 0 Å². The highest BCUT2D eigenvalue weighted by Gasteiger charge is 2.37. The smallest absolute Gasteiger partial charge is 0.326 e. The van der Waals surface area contributed by atoms with Crippen LogP contribution in [0.1, 0.15) is 36.8 Å². The summed E-state index contributed by atoms with van der Waals surface area (Å²) in [4.78, 5) is 53.7. The molecule has 3 atom stereocenters. The molecule has 0 aromatic heterocycles. The van der Waals surface area contributed by atoms with Gasteiger partial charge in [-0.25, -0.2) is 4.79 Å². The topological polar surface area (TPSA) is 144 Å². The SMILES string of the molecule is O=C(O)[C@@H]1Cc2cccc(c2)Oc2cccc(c2)C[C@H](N2CCCC2=O)C(=O)N[C@@H](CC2OCCCO2)C(=O)N1. The molecule has 0 unspecified atom stereocenters. The average Bonchev–Trinajstić information content (AvgIpc) is 3.36. The minimum atomic E-state index is -1.26. The van der Waals surface area contributed by atoms with Crippen molar-refractivity contribution in [3.8, 4) is 11.5 Å². The molecular weight excluding hydrogens is 518 g/mol. The van der Waals surface area contributed by atoms with Gasteiger partial charge in [0.05, 0.1) is 13.2 Å². The van der Waals surface area contributed by atoms with Crippen molar-refractivity contribution < 1.29 is 38.5 Å². The summed E-state index contributed by atoms with van der Waals surface area (Å²) >= 11 is 0. The summed E-state index contributed by atoms with van der Waals surface area (Å²) in [6, 6.07) is 11.0. The lowest BCUT2D eigenvalue weighted by Gasteiger charge is -2.31. The zero-order valence-corrected chi connectivity index (χ0v) is 22.0. The van der Waals surface area contributed by atoms with Gasteiger partial charge >= 0.3 is 5.97 Å². The molecule has 0 saturated carbocycles. The van der Waals surface area contributed by atoms with Crippen molar-refractivity contribution in [1.82, 2.24) is 15.5 Å². The molecule has 4 bridgehead atoms. The van der Waals surface area contributed by atoms with Crippen molar-refractivity contribution in [2.24, 2.45) is 0 Å². The van der Waals surface area contributed by atoms with Crippen molar-refractivity contribution in [2.45, 2.75) is 62.9 Å². The number of carboxylic acid groups (broad SMARTS) is 1. The summed E-state index contributed by atoms with van der Waals surface area (Å²) < 4.78 is 17.3. The van der Waals surface area contributed by atoms with Gasteiger partial charge in [-0.3, -0.25) is 14.4 Å². The molecule has 40 heavy (non-hydrogen) atoms. The molecule has 2 saturated heterocycles. The third kappa shape index (κ3) is 6.78. The molecule has 3 amide bonds. The van der Waals surface area contributed by atoms with E-state index in [1.165, 1.54) is 4.90 Å². The fraction of sp³-hybridized carbons (Fsp3) is 0.448. The third-order valence-corrected chi connectivity index (χ3v) is 7.26. The normalized spacial score (nSPS) is 24.6. The second kappa shape index (κ2) is 12.5. The number of nitrogens with zero attached hydrogens (tertiary/aromatic N) is 1. The predicted molar refractivity (Wildman–Crippen MR) is 142 cm³/mol. The summed E-state index contributed by atoms with van der Waals surface area (Å²) in [7, 11) is 0. The molecule has 2 fully saturated rings. The number of carbonyl (C=O) groups is 4. The summed E-state index contributed by atoms with van der Waals surface area (Å²) in [5, 5.41) is 15.3. The van der Waals surface area contributed by atoms with Gasteiger partial charge in [-0.1, -0.05) is 24.3 Å². The Morgan fingerprint density at radius 1 is 0.900 bits per heavy atom. The minimum Gasteiger partial charge on any atom is -0.480 e. The Balaban J connectivity index is 1.51. The Hall–Kier alpha value is -3.96. The number of carbonyl (C=O) groups excluding carboxylic acids is 3. The van der Waals surface area contributed by atoms with Crippen LogP contribution in [0.15, 0.2) is 48.5 Å². The number of nitrogens with one attached hydrogen (secondary N) is 2. The van der Waals surface area contributed by atoms with E-state index in [2.05, 4.69) is 10.6 Å². The summed E-state index contributed by atoms with van der Waals surface area (Å²) in [5.74, 6) is -1.49. The van der Waals surface area contributed by atoms with E-state index >= 15 is 0 Å². The monoisotopic (exact) mass is 551 g/mol. The first kappa shape index (κ1) is 27.6. The molecule has 3 heterocycles. The molecular formula is C29H33N3O8. The van der Waals surface area contributed by atoms with Crippen LogP contribution in [0.25, 0.3) is 0 Å². The van der Waals surface area contributed by atoms with E-state index in [9.17, 15) is 24.3 Å². The van der Waals surface area contributed by atoms with E-state index in [-0.39, 0.29) is 25.2 Å². The molecule has 5 rings (SSSR count). The number of aliphatic carboxylic acids is 1. The molecule has 3 aliphatic rings. The molecule has 3 N–H and O–H groups in total. The predicted octanol–water partition coefficient (Wildman–Crippen LogP) is 1.78. The molecule has 212 valence electrons. The van der Waals surface area contributed by atoms with Crippen LogP contribution in [-0.2, 0) is 41.5 Å². The lowest BCUT2D eigenvalue weighted by atomic mass is 10.0. The van der Waals surface area contributed by atoms with Crippen molar-refractivity contribution >= 4 is 23.7 Å². The Kier molecular flexibility index (Phi) is 8.61. The zero-order valence-electron chi connectivity index (χ0n) is 22.0. The number of hydrogen-bond donors (Lipinski definition) is 3.